The number of nitrogens with one attached hydrogen (secondary N) is 1. The maximum absolute atomic E-state index is 13.0. The third-order valence-electron chi connectivity index (χ3n) is 2.30. The van der Waals surface area contributed by atoms with E-state index in [1.54, 1.807) is 0 Å². The zero-order chi connectivity index (χ0) is 11.7. The van der Waals surface area contributed by atoms with Crippen molar-refractivity contribution in [2.75, 3.05) is 26.7 Å². The second-order valence-corrected chi connectivity index (χ2v) is 3.83. The maximum atomic E-state index is 13.0. The van der Waals surface area contributed by atoms with E-state index >= 15 is 0 Å². The highest BCUT2D eigenvalue weighted by molar-refractivity contribution is 4.92. The van der Waals surface area contributed by atoms with Gasteiger partial charge in [-0.2, -0.15) is 13.2 Å². The van der Waals surface area contributed by atoms with Crippen LogP contribution in [0.3, 0.4) is 0 Å². The van der Waals surface area contributed by atoms with Crippen molar-refractivity contribution in [1.82, 2.24) is 10.2 Å². The molecule has 7 heteroatoms. The van der Waals surface area contributed by atoms with Gasteiger partial charge in [-0.1, -0.05) is 0 Å². The molecule has 0 aromatic heterocycles. The van der Waals surface area contributed by atoms with Gasteiger partial charge < -0.3 is 5.32 Å². The molecule has 1 atom stereocenters. The van der Waals surface area contributed by atoms with E-state index in [0.717, 1.165) is 4.90 Å². The number of likely N-dealkylation sites (N-methyl/N-ethyl adjacent to an activating group) is 1. The lowest BCUT2D eigenvalue weighted by Crippen LogP contribution is -2.46. The normalized spacial score (nSPS) is 26.2. The second kappa shape index (κ2) is 4.21. The summed E-state index contributed by atoms with van der Waals surface area (Å²) in [5, 5.41) is 2.50. The molecule has 0 aliphatic carbocycles. The van der Waals surface area contributed by atoms with Crippen molar-refractivity contribution in [3.63, 3.8) is 0 Å². The molecule has 0 radical (unpaired) electrons. The predicted molar refractivity (Wildman–Crippen MR) is 44.9 cm³/mol. The topological polar surface area (TPSA) is 15.3 Å². The molecule has 1 fully saturated rings. The minimum Gasteiger partial charge on any atom is -0.307 e. The lowest BCUT2D eigenvalue weighted by Gasteiger charge is -2.25. The zero-order valence-corrected chi connectivity index (χ0v) is 8.24. The molecule has 1 aliphatic heterocycles. The summed E-state index contributed by atoms with van der Waals surface area (Å²) < 4.78 is 61.8. The van der Waals surface area contributed by atoms with Crippen molar-refractivity contribution in [2.24, 2.45) is 0 Å². The first-order chi connectivity index (χ1) is 6.71. The van der Waals surface area contributed by atoms with Crippen molar-refractivity contribution >= 4 is 0 Å². The summed E-state index contributed by atoms with van der Waals surface area (Å²) in [6.07, 6.45) is -4.65. The van der Waals surface area contributed by atoms with Crippen LogP contribution in [-0.2, 0) is 0 Å². The average molecular weight is 232 g/mol. The molecule has 0 bridgehead atoms. The monoisotopic (exact) mass is 232 g/mol. The Bertz CT molecular complexity index is 216. The number of hydrogen-bond acceptors (Lipinski definition) is 2. The Balaban J connectivity index is 2.41. The SMILES string of the molecule is CN(CC1NCCC1(F)F)CC(F)(F)F. The first-order valence-corrected chi connectivity index (χ1v) is 4.57. The molecule has 1 unspecified atom stereocenters. The summed E-state index contributed by atoms with van der Waals surface area (Å²) in [5.74, 6) is -2.90. The Morgan fingerprint density at radius 1 is 1.40 bits per heavy atom. The number of nitrogens with zero attached hydrogens (tertiary/aromatic N) is 1. The molecular formula is C8H13F5N2. The van der Waals surface area contributed by atoms with E-state index in [0.29, 0.717) is 0 Å². The fourth-order valence-electron chi connectivity index (χ4n) is 1.62. The predicted octanol–water partition coefficient (Wildman–Crippen LogP) is 1.48. The first kappa shape index (κ1) is 12.6. The highest BCUT2D eigenvalue weighted by atomic mass is 19.4. The van der Waals surface area contributed by atoms with Gasteiger partial charge in [0.1, 0.15) is 0 Å². The highest BCUT2D eigenvalue weighted by Gasteiger charge is 2.44. The van der Waals surface area contributed by atoms with Gasteiger partial charge in [-0.3, -0.25) is 4.90 Å². The quantitative estimate of drug-likeness (QED) is 0.741. The molecule has 0 aromatic carbocycles. The van der Waals surface area contributed by atoms with E-state index in [1.165, 1.54) is 7.05 Å². The Kier molecular flexibility index (Phi) is 3.55. The van der Waals surface area contributed by atoms with Gasteiger partial charge in [-0.25, -0.2) is 8.78 Å². The summed E-state index contributed by atoms with van der Waals surface area (Å²) in [4.78, 5) is 0.858. The molecule has 1 N–H and O–H groups in total. The van der Waals surface area contributed by atoms with Gasteiger partial charge in [0.25, 0.3) is 5.92 Å². The zero-order valence-electron chi connectivity index (χ0n) is 8.24. The molecule has 15 heavy (non-hydrogen) atoms. The molecule has 0 aromatic rings. The summed E-state index contributed by atoms with van der Waals surface area (Å²) in [5.41, 5.74) is 0. The van der Waals surface area contributed by atoms with E-state index in [9.17, 15) is 22.0 Å². The van der Waals surface area contributed by atoms with E-state index < -0.39 is 24.7 Å². The number of rotatable bonds is 3. The van der Waals surface area contributed by atoms with Crippen LogP contribution >= 0.6 is 0 Å². The lowest BCUT2D eigenvalue weighted by atomic mass is 10.1. The molecule has 90 valence electrons. The third-order valence-corrected chi connectivity index (χ3v) is 2.30. The second-order valence-electron chi connectivity index (χ2n) is 3.83. The molecule has 0 spiro atoms. The van der Waals surface area contributed by atoms with Gasteiger partial charge in [0, 0.05) is 19.5 Å². The van der Waals surface area contributed by atoms with Crippen LogP contribution in [0.15, 0.2) is 0 Å². The van der Waals surface area contributed by atoms with Crippen molar-refractivity contribution in [3.05, 3.63) is 0 Å². The largest absolute Gasteiger partial charge is 0.401 e. The lowest BCUT2D eigenvalue weighted by molar-refractivity contribution is -0.145. The Morgan fingerprint density at radius 3 is 2.40 bits per heavy atom. The van der Waals surface area contributed by atoms with Gasteiger partial charge in [0.15, 0.2) is 0 Å². The fourth-order valence-corrected chi connectivity index (χ4v) is 1.62. The number of halogens is 5. The molecule has 1 aliphatic rings. The van der Waals surface area contributed by atoms with Crippen LogP contribution in [0.4, 0.5) is 22.0 Å². The van der Waals surface area contributed by atoms with Crippen LogP contribution in [0, 0.1) is 0 Å². The van der Waals surface area contributed by atoms with Gasteiger partial charge >= 0.3 is 6.18 Å². The molecule has 0 amide bonds. The summed E-state index contributed by atoms with van der Waals surface area (Å²) in [6, 6.07) is -1.18. The van der Waals surface area contributed by atoms with Crippen molar-refractivity contribution in [1.29, 1.82) is 0 Å². The first-order valence-electron chi connectivity index (χ1n) is 4.57. The third kappa shape index (κ3) is 3.90. The van der Waals surface area contributed by atoms with Crippen LogP contribution in [-0.4, -0.2) is 49.7 Å². The highest BCUT2D eigenvalue weighted by Crippen LogP contribution is 2.28. The van der Waals surface area contributed by atoms with Crippen LogP contribution in [0.25, 0.3) is 0 Å². The van der Waals surface area contributed by atoms with Crippen molar-refractivity contribution in [2.45, 2.75) is 24.6 Å². The van der Waals surface area contributed by atoms with Crippen molar-refractivity contribution < 1.29 is 22.0 Å². The average Bonchev–Trinajstić information content (AvgIpc) is 2.26. The minimum absolute atomic E-state index is 0.150. The van der Waals surface area contributed by atoms with Crippen LogP contribution < -0.4 is 5.32 Å². The molecule has 0 saturated carbocycles. The molecule has 1 saturated heterocycles. The van der Waals surface area contributed by atoms with E-state index in [1.807, 2.05) is 0 Å². The smallest absolute Gasteiger partial charge is 0.307 e. The molecule has 1 heterocycles. The fraction of sp³-hybridized carbons (Fsp3) is 1.00. The molecular weight excluding hydrogens is 219 g/mol. The Morgan fingerprint density at radius 2 is 2.00 bits per heavy atom. The van der Waals surface area contributed by atoms with Crippen LogP contribution in [0.1, 0.15) is 6.42 Å². The van der Waals surface area contributed by atoms with Crippen molar-refractivity contribution in [3.8, 4) is 0 Å². The van der Waals surface area contributed by atoms with Gasteiger partial charge in [-0.15, -0.1) is 0 Å². The van der Waals surface area contributed by atoms with Gasteiger partial charge in [0.2, 0.25) is 0 Å². The summed E-state index contributed by atoms with van der Waals surface area (Å²) in [7, 11) is 1.18. The number of alkyl halides is 5. The minimum atomic E-state index is -4.34. The molecule has 1 rings (SSSR count). The summed E-state index contributed by atoms with van der Waals surface area (Å²) >= 11 is 0. The Hall–Kier alpha value is -0.430. The maximum Gasteiger partial charge on any atom is 0.401 e. The van der Waals surface area contributed by atoms with Crippen LogP contribution in [0.2, 0.25) is 0 Å². The Labute approximate surface area is 84.4 Å². The summed E-state index contributed by atoms with van der Waals surface area (Å²) in [6.45, 7) is -1.31. The van der Waals surface area contributed by atoms with E-state index in [-0.39, 0.29) is 19.5 Å². The number of hydrogen-bond donors (Lipinski definition) is 1. The molecule has 2 nitrogen and oxygen atoms in total. The standard InChI is InChI=1S/C8H13F5N2/c1-15(5-8(11,12)13)4-6-7(9,10)2-3-14-6/h6,14H,2-5H2,1H3. The van der Waals surface area contributed by atoms with Gasteiger partial charge in [0.05, 0.1) is 12.6 Å². The van der Waals surface area contributed by atoms with E-state index in [2.05, 4.69) is 5.32 Å². The van der Waals surface area contributed by atoms with E-state index in [4.69, 9.17) is 0 Å². The van der Waals surface area contributed by atoms with Gasteiger partial charge in [-0.05, 0) is 7.05 Å². The van der Waals surface area contributed by atoms with Crippen LogP contribution in [0.5, 0.6) is 0 Å².